The molecule has 0 saturated heterocycles. The van der Waals surface area contributed by atoms with E-state index in [0.29, 0.717) is 17.5 Å². The van der Waals surface area contributed by atoms with Crippen molar-refractivity contribution in [2.45, 2.75) is 13.8 Å². The molecule has 2 aromatic heterocycles. The first-order valence-electron chi connectivity index (χ1n) is 10.7. The van der Waals surface area contributed by atoms with Crippen LogP contribution in [0.5, 0.6) is 5.75 Å². The van der Waals surface area contributed by atoms with Crippen molar-refractivity contribution in [3.63, 3.8) is 0 Å². The molecule has 1 amide bonds. The van der Waals surface area contributed by atoms with E-state index in [4.69, 9.17) is 9.15 Å². The Kier molecular flexibility index (Phi) is 5.67. The van der Waals surface area contributed by atoms with Crippen molar-refractivity contribution in [1.82, 2.24) is 4.98 Å². The molecule has 5 nitrogen and oxygen atoms in total. The summed E-state index contributed by atoms with van der Waals surface area (Å²) in [5.74, 6) is 0.450. The Morgan fingerprint density at radius 2 is 1.97 bits per heavy atom. The Morgan fingerprint density at radius 1 is 1.12 bits per heavy atom. The summed E-state index contributed by atoms with van der Waals surface area (Å²) in [5, 5.41) is 8.49. The van der Waals surface area contributed by atoms with Crippen LogP contribution in [0.3, 0.4) is 0 Å². The Morgan fingerprint density at radius 3 is 2.79 bits per heavy atom. The predicted molar refractivity (Wildman–Crippen MR) is 135 cm³/mol. The average Bonchev–Trinajstić information content (AvgIpc) is 3.48. The van der Waals surface area contributed by atoms with Crippen molar-refractivity contribution in [2.75, 3.05) is 11.9 Å². The second kappa shape index (κ2) is 8.92. The zero-order valence-corrected chi connectivity index (χ0v) is 19.1. The third-order valence-electron chi connectivity index (χ3n) is 5.49. The minimum atomic E-state index is -0.230. The van der Waals surface area contributed by atoms with Gasteiger partial charge in [-0.2, -0.15) is 0 Å². The number of hydrogen-bond acceptors (Lipinski definition) is 5. The number of hydrogen-bond donors (Lipinski definition) is 1. The van der Waals surface area contributed by atoms with E-state index >= 15 is 0 Å². The number of carbonyl (C=O) groups excluding carboxylic acids is 1. The third-order valence-corrected chi connectivity index (χ3v) is 6.18. The minimum Gasteiger partial charge on any atom is -0.493 e. The van der Waals surface area contributed by atoms with E-state index in [1.54, 1.807) is 18.5 Å². The lowest BCUT2D eigenvalue weighted by atomic mass is 9.96. The fourth-order valence-electron chi connectivity index (χ4n) is 4.01. The van der Waals surface area contributed by atoms with E-state index in [0.717, 1.165) is 38.6 Å². The number of carbonyl (C=O) groups is 1. The Bertz CT molecular complexity index is 1480. The Hall–Kier alpha value is -3.90. The number of fused-ring (bicyclic) bond motifs is 2. The van der Waals surface area contributed by atoms with Crippen molar-refractivity contribution in [3.8, 4) is 16.9 Å². The Labute approximate surface area is 195 Å². The standard InChI is InChI=1S/C27H22N2O3S/c1-3-31-24-15-25-22(14-21(24)17(2)13-26(30)29-27-28-11-12-33-27)23(16-32-25)20-10-6-8-18-7-4-5-9-19(18)20/h4-16H,3H2,1-2H3,(H,28,29,30)/b17-13+. The fourth-order valence-corrected chi connectivity index (χ4v) is 4.54. The SMILES string of the molecule is CCOc1cc2occ(-c3cccc4ccccc34)c2cc1/C(C)=C/C(=O)Nc1nccs1. The van der Waals surface area contributed by atoms with Crippen LogP contribution in [0, 0.1) is 0 Å². The van der Waals surface area contributed by atoms with Crippen LogP contribution in [0.1, 0.15) is 19.4 Å². The number of thiazole rings is 1. The summed E-state index contributed by atoms with van der Waals surface area (Å²) in [6, 6.07) is 18.5. The number of anilines is 1. The summed E-state index contributed by atoms with van der Waals surface area (Å²) in [4.78, 5) is 16.6. The molecule has 2 heterocycles. The molecular formula is C27H22N2O3S. The van der Waals surface area contributed by atoms with Crippen LogP contribution in [0.25, 0.3) is 38.4 Å². The van der Waals surface area contributed by atoms with Gasteiger partial charge in [-0.15, -0.1) is 11.3 Å². The van der Waals surface area contributed by atoms with Crippen LogP contribution in [0.15, 0.2) is 82.9 Å². The highest BCUT2D eigenvalue weighted by molar-refractivity contribution is 7.13. The van der Waals surface area contributed by atoms with Crippen molar-refractivity contribution >= 4 is 49.7 Å². The topological polar surface area (TPSA) is 64.4 Å². The number of amides is 1. The Balaban J connectivity index is 1.61. The molecule has 5 rings (SSSR count). The number of benzene rings is 3. The van der Waals surface area contributed by atoms with E-state index in [1.165, 1.54) is 16.7 Å². The normalized spacial score (nSPS) is 11.8. The van der Waals surface area contributed by atoms with Crippen LogP contribution in [-0.4, -0.2) is 17.5 Å². The zero-order valence-electron chi connectivity index (χ0n) is 18.3. The summed E-state index contributed by atoms with van der Waals surface area (Å²) >= 11 is 1.38. The first-order valence-corrected chi connectivity index (χ1v) is 11.6. The minimum absolute atomic E-state index is 0.230. The number of nitrogens with zero attached hydrogens (tertiary/aromatic N) is 1. The quantitative estimate of drug-likeness (QED) is 0.277. The lowest BCUT2D eigenvalue weighted by molar-refractivity contribution is -0.111. The van der Waals surface area contributed by atoms with E-state index in [2.05, 4.69) is 40.6 Å². The molecule has 6 heteroatoms. The maximum Gasteiger partial charge on any atom is 0.250 e. The molecule has 0 unspecified atom stereocenters. The van der Waals surface area contributed by atoms with Crippen LogP contribution in [-0.2, 0) is 4.79 Å². The van der Waals surface area contributed by atoms with Gasteiger partial charge in [-0.05, 0) is 41.8 Å². The van der Waals surface area contributed by atoms with Crippen molar-refractivity contribution in [2.24, 2.45) is 0 Å². The summed E-state index contributed by atoms with van der Waals surface area (Å²) < 4.78 is 11.8. The van der Waals surface area contributed by atoms with E-state index in [-0.39, 0.29) is 5.91 Å². The number of ether oxygens (including phenoxy) is 1. The molecule has 0 aliphatic rings. The summed E-state index contributed by atoms with van der Waals surface area (Å²) in [6.45, 7) is 4.35. The number of nitrogens with one attached hydrogen (secondary N) is 1. The average molecular weight is 455 g/mol. The highest BCUT2D eigenvalue weighted by atomic mass is 32.1. The highest BCUT2D eigenvalue weighted by Gasteiger charge is 2.16. The molecule has 0 spiro atoms. The van der Waals surface area contributed by atoms with Gasteiger partial charge < -0.3 is 9.15 Å². The first kappa shape index (κ1) is 21.0. The van der Waals surface area contributed by atoms with Crippen molar-refractivity contribution in [3.05, 3.63) is 84.1 Å². The van der Waals surface area contributed by atoms with Crippen LogP contribution >= 0.6 is 11.3 Å². The monoisotopic (exact) mass is 454 g/mol. The maximum absolute atomic E-state index is 12.5. The molecule has 33 heavy (non-hydrogen) atoms. The van der Waals surface area contributed by atoms with E-state index < -0.39 is 0 Å². The number of rotatable bonds is 6. The smallest absolute Gasteiger partial charge is 0.250 e. The molecule has 0 fully saturated rings. The van der Waals surface area contributed by atoms with E-state index in [9.17, 15) is 4.79 Å². The fraction of sp³-hybridized carbons (Fsp3) is 0.111. The van der Waals surface area contributed by atoms with Gasteiger partial charge in [0.05, 0.1) is 12.9 Å². The molecular weight excluding hydrogens is 432 g/mol. The van der Waals surface area contributed by atoms with Gasteiger partial charge in [0, 0.05) is 40.2 Å². The van der Waals surface area contributed by atoms with Crippen LogP contribution in [0.2, 0.25) is 0 Å². The largest absolute Gasteiger partial charge is 0.493 e. The number of allylic oxidation sites excluding steroid dienone is 1. The van der Waals surface area contributed by atoms with Gasteiger partial charge >= 0.3 is 0 Å². The van der Waals surface area contributed by atoms with Gasteiger partial charge in [-0.3, -0.25) is 10.1 Å². The van der Waals surface area contributed by atoms with Gasteiger partial charge in [0.25, 0.3) is 0 Å². The molecule has 0 atom stereocenters. The van der Waals surface area contributed by atoms with Crippen molar-refractivity contribution < 1.29 is 13.9 Å². The molecule has 0 aliphatic heterocycles. The van der Waals surface area contributed by atoms with E-state index in [1.807, 2.05) is 43.5 Å². The molecule has 0 radical (unpaired) electrons. The molecule has 5 aromatic rings. The summed E-state index contributed by atoms with van der Waals surface area (Å²) in [5.41, 5.74) is 4.49. The molecule has 0 bridgehead atoms. The van der Waals surface area contributed by atoms with Gasteiger partial charge in [-0.1, -0.05) is 42.5 Å². The predicted octanol–water partition coefficient (Wildman–Crippen LogP) is 7.15. The van der Waals surface area contributed by atoms with Gasteiger partial charge in [0.2, 0.25) is 5.91 Å². The summed E-state index contributed by atoms with van der Waals surface area (Å²) in [6.07, 6.45) is 5.02. The lowest BCUT2D eigenvalue weighted by Crippen LogP contribution is -2.08. The summed E-state index contributed by atoms with van der Waals surface area (Å²) in [7, 11) is 0. The third kappa shape index (κ3) is 4.13. The van der Waals surface area contributed by atoms with Gasteiger partial charge in [-0.25, -0.2) is 4.98 Å². The zero-order chi connectivity index (χ0) is 22.8. The molecule has 1 N–H and O–H groups in total. The first-order chi connectivity index (χ1) is 16.1. The second-order valence-corrected chi connectivity index (χ2v) is 8.50. The maximum atomic E-state index is 12.5. The molecule has 0 aliphatic carbocycles. The lowest BCUT2D eigenvalue weighted by Gasteiger charge is -2.12. The van der Waals surface area contributed by atoms with Gasteiger partial charge in [0.15, 0.2) is 5.13 Å². The number of furan rings is 1. The van der Waals surface area contributed by atoms with Crippen molar-refractivity contribution in [1.29, 1.82) is 0 Å². The molecule has 0 saturated carbocycles. The molecule has 3 aromatic carbocycles. The second-order valence-electron chi connectivity index (χ2n) is 7.61. The van der Waals surface area contributed by atoms with Crippen LogP contribution < -0.4 is 10.1 Å². The van der Waals surface area contributed by atoms with Gasteiger partial charge in [0.1, 0.15) is 11.3 Å². The van der Waals surface area contributed by atoms with Crippen LogP contribution in [0.4, 0.5) is 5.13 Å². The highest BCUT2D eigenvalue weighted by Crippen LogP contribution is 2.39. The molecule has 164 valence electrons. The number of aromatic nitrogens is 1.